The predicted molar refractivity (Wildman–Crippen MR) is 78.5 cm³/mol. The number of rotatable bonds is 1. The number of carboxylic acid groups (broad SMARTS) is 1. The molecular weight excluding hydrogens is 248 g/mol. The molecule has 0 amide bonds. The zero-order valence-corrected chi connectivity index (χ0v) is 11.1. The molecule has 0 radical (unpaired) electrons. The van der Waals surface area contributed by atoms with Gasteiger partial charge in [0.1, 0.15) is 0 Å². The molecule has 20 heavy (non-hydrogen) atoms. The molecule has 0 saturated heterocycles. The molecule has 2 aromatic rings. The first-order chi connectivity index (χ1) is 9.68. The molecular formula is C18H13O2-. The van der Waals surface area contributed by atoms with E-state index in [-0.39, 0.29) is 5.57 Å². The summed E-state index contributed by atoms with van der Waals surface area (Å²) in [7, 11) is 0. The van der Waals surface area contributed by atoms with Crippen LogP contribution in [-0.2, 0) is 4.79 Å². The van der Waals surface area contributed by atoms with Gasteiger partial charge in [0.25, 0.3) is 0 Å². The third kappa shape index (κ3) is 1.95. The molecule has 1 aliphatic carbocycles. The molecule has 0 bridgehead atoms. The van der Waals surface area contributed by atoms with E-state index in [0.29, 0.717) is 0 Å². The number of hydrogen-bond acceptors (Lipinski definition) is 2. The largest absolute Gasteiger partial charge is 0.545 e. The first-order valence-corrected chi connectivity index (χ1v) is 6.47. The van der Waals surface area contributed by atoms with E-state index >= 15 is 0 Å². The highest BCUT2D eigenvalue weighted by Crippen LogP contribution is 2.35. The van der Waals surface area contributed by atoms with Gasteiger partial charge in [-0.3, -0.25) is 0 Å². The maximum absolute atomic E-state index is 11.3. The van der Waals surface area contributed by atoms with Crippen LogP contribution in [0.3, 0.4) is 0 Å². The Morgan fingerprint density at radius 1 is 0.850 bits per heavy atom. The normalized spacial score (nSPS) is 12.3. The summed E-state index contributed by atoms with van der Waals surface area (Å²) in [6.07, 6.45) is 4.04. The van der Waals surface area contributed by atoms with Crippen molar-refractivity contribution < 1.29 is 9.90 Å². The minimum absolute atomic E-state index is 0.258. The van der Waals surface area contributed by atoms with Crippen molar-refractivity contribution in [3.05, 3.63) is 76.4 Å². The summed E-state index contributed by atoms with van der Waals surface area (Å²) < 4.78 is 0. The van der Waals surface area contributed by atoms with Crippen molar-refractivity contribution in [3.63, 3.8) is 0 Å². The quantitative estimate of drug-likeness (QED) is 0.632. The zero-order valence-electron chi connectivity index (χ0n) is 11.1. The number of fused-ring (bicyclic) bond motifs is 2. The van der Waals surface area contributed by atoms with E-state index in [9.17, 15) is 9.90 Å². The van der Waals surface area contributed by atoms with Crippen molar-refractivity contribution >= 4 is 23.7 Å². The fraction of sp³-hybridized carbons (Fsp3) is 0.0556. The molecule has 0 aliphatic heterocycles. The average molecular weight is 261 g/mol. The minimum Gasteiger partial charge on any atom is -0.545 e. The lowest BCUT2D eigenvalue weighted by molar-refractivity contribution is -0.299. The Morgan fingerprint density at radius 3 is 1.75 bits per heavy atom. The smallest absolute Gasteiger partial charge is 0.0678 e. The lowest BCUT2D eigenvalue weighted by Gasteiger charge is -2.16. The Bertz CT molecular complexity index is 700. The van der Waals surface area contributed by atoms with Gasteiger partial charge in [-0.25, -0.2) is 0 Å². The van der Waals surface area contributed by atoms with Crippen LogP contribution < -0.4 is 5.11 Å². The maximum atomic E-state index is 11.3. The van der Waals surface area contributed by atoms with Gasteiger partial charge in [0.15, 0.2) is 0 Å². The third-order valence-electron chi connectivity index (χ3n) is 3.58. The van der Waals surface area contributed by atoms with E-state index in [1.54, 1.807) is 6.92 Å². The standard InChI is InChI=1S/C18H14O2/c1-12(18(19)20)17-15-8-4-2-6-13(15)10-11-14-7-3-5-9-16(14)17/h2-11H,1H3,(H,19,20)/p-1. The van der Waals surface area contributed by atoms with Gasteiger partial charge in [-0.15, -0.1) is 0 Å². The van der Waals surface area contributed by atoms with Crippen molar-refractivity contribution in [2.75, 3.05) is 0 Å². The van der Waals surface area contributed by atoms with Gasteiger partial charge in [0.05, 0.1) is 5.97 Å². The molecule has 0 spiro atoms. The summed E-state index contributed by atoms with van der Waals surface area (Å²) in [5.41, 5.74) is 4.87. The molecule has 2 heteroatoms. The second kappa shape index (κ2) is 4.82. The molecule has 0 atom stereocenters. The van der Waals surface area contributed by atoms with Crippen molar-refractivity contribution in [1.29, 1.82) is 0 Å². The highest BCUT2D eigenvalue weighted by Gasteiger charge is 2.17. The maximum Gasteiger partial charge on any atom is 0.0678 e. The Hall–Kier alpha value is -2.61. The predicted octanol–water partition coefficient (Wildman–Crippen LogP) is 2.74. The highest BCUT2D eigenvalue weighted by molar-refractivity contribution is 6.03. The van der Waals surface area contributed by atoms with Crippen molar-refractivity contribution in [2.45, 2.75) is 6.92 Å². The van der Waals surface area contributed by atoms with E-state index in [0.717, 1.165) is 27.8 Å². The first-order valence-electron chi connectivity index (χ1n) is 6.47. The van der Waals surface area contributed by atoms with Crippen LogP contribution in [0.2, 0.25) is 0 Å². The van der Waals surface area contributed by atoms with Gasteiger partial charge in [-0.05, 0) is 40.3 Å². The molecule has 2 aromatic carbocycles. The number of carboxylic acids is 1. The van der Waals surface area contributed by atoms with Crippen molar-refractivity contribution in [3.8, 4) is 0 Å². The third-order valence-corrected chi connectivity index (χ3v) is 3.58. The van der Waals surface area contributed by atoms with Gasteiger partial charge in [-0.2, -0.15) is 0 Å². The molecule has 0 fully saturated rings. The number of aliphatic carboxylic acids is 1. The van der Waals surface area contributed by atoms with E-state index in [1.807, 2.05) is 60.7 Å². The lowest BCUT2D eigenvalue weighted by atomic mass is 9.90. The summed E-state index contributed by atoms with van der Waals surface area (Å²) in [5, 5.41) is 11.3. The second-order valence-electron chi connectivity index (χ2n) is 4.80. The molecule has 3 rings (SSSR count). The van der Waals surface area contributed by atoms with E-state index < -0.39 is 5.97 Å². The molecule has 0 saturated carbocycles. The molecule has 1 aliphatic rings. The molecule has 0 heterocycles. The summed E-state index contributed by atoms with van der Waals surface area (Å²) in [4.78, 5) is 11.3. The molecule has 0 unspecified atom stereocenters. The van der Waals surface area contributed by atoms with Gasteiger partial charge in [0.2, 0.25) is 0 Å². The molecule has 0 aromatic heterocycles. The number of hydrogen-bond donors (Lipinski definition) is 0. The van der Waals surface area contributed by atoms with E-state index in [1.165, 1.54) is 0 Å². The van der Waals surface area contributed by atoms with Crippen molar-refractivity contribution in [1.82, 2.24) is 0 Å². The van der Waals surface area contributed by atoms with Crippen LogP contribution in [0.1, 0.15) is 29.2 Å². The number of carbonyl (C=O) groups is 1. The van der Waals surface area contributed by atoms with E-state index in [2.05, 4.69) is 0 Å². The van der Waals surface area contributed by atoms with E-state index in [4.69, 9.17) is 0 Å². The Morgan fingerprint density at radius 2 is 1.30 bits per heavy atom. The fourth-order valence-electron chi connectivity index (χ4n) is 2.57. The Labute approximate surface area is 117 Å². The van der Waals surface area contributed by atoms with Crippen LogP contribution in [0.15, 0.2) is 54.1 Å². The monoisotopic (exact) mass is 261 g/mol. The van der Waals surface area contributed by atoms with Gasteiger partial charge < -0.3 is 9.90 Å². The first kappa shape index (κ1) is 12.4. The Balaban J connectivity index is 2.41. The molecule has 2 nitrogen and oxygen atoms in total. The second-order valence-corrected chi connectivity index (χ2v) is 4.80. The summed E-state index contributed by atoms with van der Waals surface area (Å²) in [6, 6.07) is 15.6. The zero-order chi connectivity index (χ0) is 14.1. The van der Waals surface area contributed by atoms with Crippen LogP contribution >= 0.6 is 0 Å². The summed E-state index contributed by atoms with van der Waals surface area (Å²) in [5.74, 6) is -1.13. The summed E-state index contributed by atoms with van der Waals surface area (Å²) >= 11 is 0. The van der Waals surface area contributed by atoms with Crippen LogP contribution in [0.5, 0.6) is 0 Å². The van der Waals surface area contributed by atoms with Crippen molar-refractivity contribution in [2.24, 2.45) is 0 Å². The Kier molecular flexibility index (Phi) is 2.99. The number of carbonyl (C=O) groups excluding carboxylic acids is 1. The van der Waals surface area contributed by atoms with Crippen LogP contribution in [0.4, 0.5) is 0 Å². The highest BCUT2D eigenvalue weighted by atomic mass is 16.4. The van der Waals surface area contributed by atoms with Gasteiger partial charge >= 0.3 is 0 Å². The minimum atomic E-state index is -1.13. The van der Waals surface area contributed by atoms with Crippen LogP contribution in [-0.4, -0.2) is 5.97 Å². The van der Waals surface area contributed by atoms with Gasteiger partial charge in [-0.1, -0.05) is 60.7 Å². The van der Waals surface area contributed by atoms with Crippen LogP contribution in [0.25, 0.3) is 17.7 Å². The average Bonchev–Trinajstić information content (AvgIpc) is 2.63. The number of benzene rings is 2. The SMILES string of the molecule is CC(C(=O)[O-])=C1c2ccccc2C=Cc2ccccc21. The topological polar surface area (TPSA) is 40.1 Å². The summed E-state index contributed by atoms with van der Waals surface area (Å²) in [6.45, 7) is 1.60. The lowest BCUT2D eigenvalue weighted by Crippen LogP contribution is -2.24. The fourth-order valence-corrected chi connectivity index (χ4v) is 2.57. The molecule has 98 valence electrons. The molecule has 0 N–H and O–H groups in total. The van der Waals surface area contributed by atoms with Gasteiger partial charge in [0, 0.05) is 0 Å². The van der Waals surface area contributed by atoms with Crippen LogP contribution in [0, 0.1) is 0 Å².